The Labute approximate surface area is 199 Å². The van der Waals surface area contributed by atoms with Gasteiger partial charge in [-0.25, -0.2) is 0 Å². The molecule has 0 spiro atoms. The van der Waals surface area contributed by atoms with Crippen LogP contribution >= 0.6 is 0 Å². The first-order valence-electron chi connectivity index (χ1n) is 12.8. The summed E-state index contributed by atoms with van der Waals surface area (Å²) in [5, 5.41) is 20.9. The molecule has 8 heteroatoms. The fourth-order valence-electron chi connectivity index (χ4n) is 4.74. The number of nitrogens with one attached hydrogen (secondary N) is 3. The molecule has 33 heavy (non-hydrogen) atoms. The van der Waals surface area contributed by atoms with Crippen LogP contribution in [0.2, 0.25) is 0 Å². The lowest BCUT2D eigenvalue weighted by atomic mass is 9.66. The maximum atomic E-state index is 13.3. The lowest BCUT2D eigenvalue weighted by Crippen LogP contribution is -2.55. The van der Waals surface area contributed by atoms with Crippen molar-refractivity contribution in [3.05, 3.63) is 0 Å². The van der Waals surface area contributed by atoms with Gasteiger partial charge in [0, 0.05) is 35.9 Å². The van der Waals surface area contributed by atoms with E-state index in [1.165, 1.54) is 0 Å². The van der Waals surface area contributed by atoms with Gasteiger partial charge in [-0.2, -0.15) is 0 Å². The number of carbonyl (C=O) groups excluding carboxylic acids is 4. The molecule has 8 nitrogen and oxygen atoms in total. The second kappa shape index (κ2) is 14.2. The molecule has 1 rings (SSSR count). The van der Waals surface area contributed by atoms with Crippen molar-refractivity contribution in [2.24, 2.45) is 23.7 Å². The number of hydrogen-bond donors (Lipinski definition) is 3. The predicted octanol–water partition coefficient (Wildman–Crippen LogP) is 1.91. The average molecular weight is 467 g/mol. The third-order valence-corrected chi connectivity index (χ3v) is 7.30. The highest BCUT2D eigenvalue weighted by Gasteiger charge is 2.47. The fourth-order valence-corrected chi connectivity index (χ4v) is 4.74. The van der Waals surface area contributed by atoms with Gasteiger partial charge >= 0.3 is 0 Å². The van der Waals surface area contributed by atoms with E-state index < -0.39 is 29.6 Å². The monoisotopic (exact) mass is 466 g/mol. The number of amides is 3. The summed E-state index contributed by atoms with van der Waals surface area (Å²) in [7, 11) is 0. The highest BCUT2D eigenvalue weighted by Crippen LogP contribution is 2.39. The van der Waals surface area contributed by atoms with Gasteiger partial charge in [-0.05, 0) is 51.4 Å². The standard InChI is InChI=1S/C25H45N3O5/c1-7-15(8-2)26-22(29)18-13-20(24(31)28-17(11-5)12-6)21(25(32)33)14-19(18)23(30)27-16(9-3)10-4/h15-21H,7-14H2,1-6H3,(H,26,29)(H,27,30)(H,28,31)(H,32,33)/p-1. The van der Waals surface area contributed by atoms with Crippen molar-refractivity contribution in [3.8, 4) is 0 Å². The van der Waals surface area contributed by atoms with Crippen LogP contribution in [0.15, 0.2) is 0 Å². The molecule has 190 valence electrons. The van der Waals surface area contributed by atoms with Gasteiger partial charge < -0.3 is 25.9 Å². The third-order valence-electron chi connectivity index (χ3n) is 7.30. The molecule has 1 aliphatic rings. The highest BCUT2D eigenvalue weighted by molar-refractivity contribution is 5.91. The lowest BCUT2D eigenvalue weighted by Gasteiger charge is -2.41. The molecule has 0 aromatic heterocycles. The van der Waals surface area contributed by atoms with Crippen LogP contribution in [0, 0.1) is 23.7 Å². The molecule has 3 amide bonds. The molecule has 0 aliphatic heterocycles. The summed E-state index contributed by atoms with van der Waals surface area (Å²) in [6.07, 6.45) is 4.36. The van der Waals surface area contributed by atoms with E-state index in [1.807, 2.05) is 41.5 Å². The predicted molar refractivity (Wildman–Crippen MR) is 126 cm³/mol. The minimum absolute atomic E-state index is 0.0115. The molecule has 3 N–H and O–H groups in total. The van der Waals surface area contributed by atoms with Crippen LogP contribution in [-0.4, -0.2) is 41.8 Å². The molecule has 0 radical (unpaired) electrons. The molecule has 0 aromatic carbocycles. The smallest absolute Gasteiger partial charge is 0.224 e. The maximum Gasteiger partial charge on any atom is 0.224 e. The molecule has 4 unspecified atom stereocenters. The molecular weight excluding hydrogens is 422 g/mol. The lowest BCUT2D eigenvalue weighted by molar-refractivity contribution is -0.314. The number of aliphatic carboxylic acids is 1. The minimum atomic E-state index is -1.35. The van der Waals surface area contributed by atoms with Crippen molar-refractivity contribution in [1.29, 1.82) is 0 Å². The van der Waals surface area contributed by atoms with Gasteiger partial charge in [-0.3, -0.25) is 14.4 Å². The SMILES string of the molecule is CCC(CC)NC(=O)C1CC(C(=O)NC(CC)CC)C(C(=O)NC(CC)CC)CC1C(=O)[O-]. The molecule has 1 aliphatic carbocycles. The topological polar surface area (TPSA) is 127 Å². The largest absolute Gasteiger partial charge is 0.550 e. The highest BCUT2D eigenvalue weighted by atomic mass is 16.4. The molecule has 1 fully saturated rings. The summed E-state index contributed by atoms with van der Waals surface area (Å²) in [5.41, 5.74) is 0. The summed E-state index contributed by atoms with van der Waals surface area (Å²) in [6.45, 7) is 11.8. The van der Waals surface area contributed by atoms with E-state index in [0.717, 1.165) is 38.5 Å². The van der Waals surface area contributed by atoms with Crippen LogP contribution in [0.4, 0.5) is 0 Å². The summed E-state index contributed by atoms with van der Waals surface area (Å²) in [6, 6.07) is -0.138. The van der Waals surface area contributed by atoms with Crippen LogP contribution < -0.4 is 21.1 Å². The molecule has 0 aromatic rings. The van der Waals surface area contributed by atoms with Crippen LogP contribution in [0.1, 0.15) is 92.9 Å². The van der Waals surface area contributed by atoms with Crippen LogP contribution in [-0.2, 0) is 19.2 Å². The Balaban J connectivity index is 3.26. The Hall–Kier alpha value is -2.12. The van der Waals surface area contributed by atoms with Gasteiger partial charge in [0.2, 0.25) is 17.7 Å². The third kappa shape index (κ3) is 8.00. The Bertz CT molecular complexity index is 656. The Morgan fingerprint density at radius 3 is 1.06 bits per heavy atom. The van der Waals surface area contributed by atoms with Crippen molar-refractivity contribution in [3.63, 3.8) is 0 Å². The van der Waals surface area contributed by atoms with Gasteiger partial charge in [0.15, 0.2) is 0 Å². The maximum absolute atomic E-state index is 13.3. The Morgan fingerprint density at radius 1 is 0.576 bits per heavy atom. The van der Waals surface area contributed by atoms with E-state index in [2.05, 4.69) is 16.0 Å². The Kier molecular flexibility index (Phi) is 12.4. The summed E-state index contributed by atoms with van der Waals surface area (Å²) >= 11 is 0. The normalized spacial score (nSPS) is 22.9. The molecule has 0 saturated heterocycles. The number of carboxylic acid groups (broad SMARTS) is 1. The van der Waals surface area contributed by atoms with E-state index in [4.69, 9.17) is 0 Å². The van der Waals surface area contributed by atoms with E-state index in [9.17, 15) is 24.3 Å². The van der Waals surface area contributed by atoms with Crippen LogP contribution in [0.25, 0.3) is 0 Å². The van der Waals surface area contributed by atoms with E-state index >= 15 is 0 Å². The van der Waals surface area contributed by atoms with E-state index in [1.54, 1.807) is 0 Å². The summed E-state index contributed by atoms with van der Waals surface area (Å²) in [5.74, 6) is -5.95. The van der Waals surface area contributed by atoms with Crippen molar-refractivity contribution in [1.82, 2.24) is 16.0 Å². The quantitative estimate of drug-likeness (QED) is 0.382. The molecular formula is C25H44N3O5-. The number of rotatable bonds is 13. The molecule has 0 heterocycles. The molecule has 1 saturated carbocycles. The van der Waals surface area contributed by atoms with Gasteiger partial charge in [-0.15, -0.1) is 0 Å². The second-order valence-electron chi connectivity index (χ2n) is 9.28. The Morgan fingerprint density at radius 2 is 0.818 bits per heavy atom. The molecule has 4 atom stereocenters. The number of carbonyl (C=O) groups is 4. The van der Waals surface area contributed by atoms with Gasteiger partial charge in [0.1, 0.15) is 0 Å². The zero-order chi connectivity index (χ0) is 25.1. The molecule has 0 bridgehead atoms. The second-order valence-corrected chi connectivity index (χ2v) is 9.28. The van der Waals surface area contributed by atoms with E-state index in [-0.39, 0.29) is 48.7 Å². The van der Waals surface area contributed by atoms with Crippen LogP contribution in [0.3, 0.4) is 0 Å². The summed E-state index contributed by atoms with van der Waals surface area (Å²) < 4.78 is 0. The van der Waals surface area contributed by atoms with Crippen molar-refractivity contribution >= 4 is 23.7 Å². The van der Waals surface area contributed by atoms with Gasteiger partial charge in [0.05, 0.1) is 11.8 Å². The number of carboxylic acids is 1. The first kappa shape index (κ1) is 28.9. The first-order valence-corrected chi connectivity index (χ1v) is 12.8. The fraction of sp³-hybridized carbons (Fsp3) is 0.840. The van der Waals surface area contributed by atoms with Crippen LogP contribution in [0.5, 0.6) is 0 Å². The van der Waals surface area contributed by atoms with Crippen molar-refractivity contribution in [2.45, 2.75) is 111 Å². The minimum Gasteiger partial charge on any atom is -0.550 e. The van der Waals surface area contributed by atoms with Gasteiger partial charge in [-0.1, -0.05) is 41.5 Å². The zero-order valence-electron chi connectivity index (χ0n) is 21.2. The van der Waals surface area contributed by atoms with E-state index in [0.29, 0.717) is 0 Å². The number of hydrogen-bond acceptors (Lipinski definition) is 5. The van der Waals surface area contributed by atoms with Crippen molar-refractivity contribution in [2.75, 3.05) is 0 Å². The van der Waals surface area contributed by atoms with Gasteiger partial charge in [0.25, 0.3) is 0 Å². The zero-order valence-corrected chi connectivity index (χ0v) is 21.2. The first-order chi connectivity index (χ1) is 15.7. The average Bonchev–Trinajstić information content (AvgIpc) is 2.82. The van der Waals surface area contributed by atoms with Crippen molar-refractivity contribution < 1.29 is 24.3 Å². The summed E-state index contributed by atoms with van der Waals surface area (Å²) in [4.78, 5) is 51.5.